The van der Waals surface area contributed by atoms with Crippen LogP contribution in [-0.2, 0) is 9.59 Å². The minimum Gasteiger partial charge on any atom is -0.352 e. The van der Waals surface area contributed by atoms with Crippen LogP contribution in [0.3, 0.4) is 0 Å². The van der Waals surface area contributed by atoms with Gasteiger partial charge in [-0.1, -0.05) is 6.92 Å². The van der Waals surface area contributed by atoms with E-state index in [2.05, 4.69) is 10.6 Å². The summed E-state index contributed by atoms with van der Waals surface area (Å²) < 4.78 is 40.1. The fourth-order valence-corrected chi connectivity index (χ4v) is 4.20. The summed E-state index contributed by atoms with van der Waals surface area (Å²) in [6.45, 7) is 2.97. The molecule has 0 aromatic rings. The van der Waals surface area contributed by atoms with Crippen molar-refractivity contribution in [1.82, 2.24) is 20.4 Å². The van der Waals surface area contributed by atoms with E-state index in [-0.39, 0.29) is 18.3 Å². The summed E-state index contributed by atoms with van der Waals surface area (Å²) in [4.78, 5) is 27.2. The Morgan fingerprint density at radius 1 is 1.31 bits per heavy atom. The number of amides is 2. The summed E-state index contributed by atoms with van der Waals surface area (Å²) in [7, 11) is 0. The van der Waals surface area contributed by atoms with Crippen LogP contribution < -0.4 is 10.6 Å². The Labute approximate surface area is 162 Å². The Hall–Kier alpha value is -0.710. The van der Waals surface area contributed by atoms with Gasteiger partial charge in [0.05, 0.1) is 5.88 Å². The SMILES string of the molecule is CCCC(=O)N1CSCC1C(=O)NCC(N1CCNCC1)C(F)(F)F.Cl. The third kappa shape index (κ3) is 6.17. The molecular weight excluding hydrogens is 393 g/mol. The molecule has 2 aliphatic rings. The van der Waals surface area contributed by atoms with Crippen molar-refractivity contribution in [3.8, 4) is 0 Å². The molecule has 0 saturated carbocycles. The van der Waals surface area contributed by atoms with Gasteiger partial charge in [0.2, 0.25) is 11.8 Å². The molecule has 0 spiro atoms. The number of nitrogens with zero attached hydrogens (tertiary/aromatic N) is 2. The van der Waals surface area contributed by atoms with Gasteiger partial charge in [0, 0.05) is 44.9 Å². The number of alkyl halides is 3. The van der Waals surface area contributed by atoms with E-state index < -0.39 is 30.7 Å². The van der Waals surface area contributed by atoms with Crippen molar-refractivity contribution in [3.05, 3.63) is 0 Å². The van der Waals surface area contributed by atoms with Gasteiger partial charge >= 0.3 is 6.18 Å². The minimum absolute atomic E-state index is 0. The van der Waals surface area contributed by atoms with Gasteiger partial charge in [-0.3, -0.25) is 14.5 Å². The minimum atomic E-state index is -4.41. The molecular formula is C15H26ClF3N4O2S. The van der Waals surface area contributed by atoms with Gasteiger partial charge in [-0.15, -0.1) is 24.2 Å². The average Bonchev–Trinajstić information content (AvgIpc) is 3.04. The van der Waals surface area contributed by atoms with Crippen LogP contribution in [0.1, 0.15) is 19.8 Å². The van der Waals surface area contributed by atoms with E-state index >= 15 is 0 Å². The smallest absolute Gasteiger partial charge is 0.352 e. The Balaban J connectivity index is 0.00000338. The number of rotatable bonds is 6. The summed E-state index contributed by atoms with van der Waals surface area (Å²) in [5.41, 5.74) is 0. The lowest BCUT2D eigenvalue weighted by molar-refractivity contribution is -0.184. The maximum absolute atomic E-state index is 13.4. The fourth-order valence-electron chi connectivity index (χ4n) is 3.02. The topological polar surface area (TPSA) is 64.7 Å². The van der Waals surface area contributed by atoms with Crippen molar-refractivity contribution in [2.45, 2.75) is 38.0 Å². The second kappa shape index (κ2) is 10.6. The fraction of sp³-hybridized carbons (Fsp3) is 0.867. The number of piperazine rings is 1. The Bertz CT molecular complexity index is 478. The van der Waals surface area contributed by atoms with Gasteiger partial charge in [0.1, 0.15) is 12.1 Å². The molecule has 2 aliphatic heterocycles. The number of nitrogens with one attached hydrogen (secondary N) is 2. The molecule has 11 heteroatoms. The first-order chi connectivity index (χ1) is 11.8. The summed E-state index contributed by atoms with van der Waals surface area (Å²) in [5, 5.41) is 5.44. The van der Waals surface area contributed by atoms with Crippen molar-refractivity contribution in [2.24, 2.45) is 0 Å². The predicted molar refractivity (Wildman–Crippen MR) is 97.4 cm³/mol. The molecule has 0 bridgehead atoms. The molecule has 2 atom stereocenters. The first-order valence-electron chi connectivity index (χ1n) is 8.51. The highest BCUT2D eigenvalue weighted by atomic mass is 35.5. The molecule has 26 heavy (non-hydrogen) atoms. The van der Waals surface area contributed by atoms with Gasteiger partial charge in [0.15, 0.2) is 0 Å². The van der Waals surface area contributed by atoms with Crippen LogP contribution in [0.25, 0.3) is 0 Å². The van der Waals surface area contributed by atoms with E-state index in [0.29, 0.717) is 50.7 Å². The van der Waals surface area contributed by atoms with E-state index in [9.17, 15) is 22.8 Å². The number of carbonyl (C=O) groups is 2. The van der Waals surface area contributed by atoms with E-state index in [1.165, 1.54) is 21.6 Å². The maximum Gasteiger partial charge on any atom is 0.405 e. The number of hydrogen-bond donors (Lipinski definition) is 2. The van der Waals surface area contributed by atoms with E-state index in [1.807, 2.05) is 6.92 Å². The number of hydrogen-bond acceptors (Lipinski definition) is 5. The lowest BCUT2D eigenvalue weighted by Gasteiger charge is -2.36. The van der Waals surface area contributed by atoms with Crippen LogP contribution in [0, 0.1) is 0 Å². The molecule has 2 heterocycles. The first kappa shape index (κ1) is 23.3. The van der Waals surface area contributed by atoms with E-state index in [1.54, 1.807) is 0 Å². The third-order valence-electron chi connectivity index (χ3n) is 4.41. The van der Waals surface area contributed by atoms with Crippen LogP contribution in [0.4, 0.5) is 13.2 Å². The largest absolute Gasteiger partial charge is 0.405 e. The number of halogens is 4. The molecule has 2 N–H and O–H groups in total. The van der Waals surface area contributed by atoms with Crippen molar-refractivity contribution in [3.63, 3.8) is 0 Å². The van der Waals surface area contributed by atoms with Gasteiger partial charge in [-0.25, -0.2) is 0 Å². The highest BCUT2D eigenvalue weighted by Crippen LogP contribution is 2.26. The maximum atomic E-state index is 13.4. The highest BCUT2D eigenvalue weighted by molar-refractivity contribution is 7.99. The van der Waals surface area contributed by atoms with Crippen LogP contribution in [0.15, 0.2) is 0 Å². The Morgan fingerprint density at radius 2 is 1.96 bits per heavy atom. The van der Waals surface area contributed by atoms with Crippen LogP contribution >= 0.6 is 24.2 Å². The molecule has 6 nitrogen and oxygen atoms in total. The quantitative estimate of drug-likeness (QED) is 0.675. The van der Waals surface area contributed by atoms with Crippen molar-refractivity contribution < 1.29 is 22.8 Å². The standard InChI is InChI=1S/C15H25F3N4O2S.ClH/c1-2-3-13(23)22-10-25-9-11(22)14(24)20-8-12(15(16,17)18)21-6-4-19-5-7-21;/h11-12,19H,2-10H2,1H3,(H,20,24);1H. The van der Waals surface area contributed by atoms with Gasteiger partial charge in [-0.2, -0.15) is 13.2 Å². The van der Waals surface area contributed by atoms with Gasteiger partial charge in [0.25, 0.3) is 0 Å². The Kier molecular flexibility index (Phi) is 9.49. The van der Waals surface area contributed by atoms with Crippen molar-refractivity contribution in [1.29, 1.82) is 0 Å². The molecule has 0 aromatic carbocycles. The first-order valence-corrected chi connectivity index (χ1v) is 9.66. The highest BCUT2D eigenvalue weighted by Gasteiger charge is 2.44. The van der Waals surface area contributed by atoms with E-state index in [4.69, 9.17) is 0 Å². The second-order valence-corrected chi connectivity index (χ2v) is 7.22. The summed E-state index contributed by atoms with van der Waals surface area (Å²) in [6, 6.07) is -2.38. The van der Waals surface area contributed by atoms with Crippen LogP contribution in [0.2, 0.25) is 0 Å². The zero-order valence-corrected chi connectivity index (χ0v) is 16.3. The molecule has 0 aromatic heterocycles. The zero-order valence-electron chi connectivity index (χ0n) is 14.7. The van der Waals surface area contributed by atoms with Gasteiger partial charge in [-0.05, 0) is 6.42 Å². The molecule has 0 aliphatic carbocycles. The van der Waals surface area contributed by atoms with Gasteiger partial charge < -0.3 is 15.5 Å². The lowest BCUT2D eigenvalue weighted by Crippen LogP contribution is -2.58. The zero-order chi connectivity index (χ0) is 18.4. The summed E-state index contributed by atoms with van der Waals surface area (Å²) >= 11 is 1.44. The molecule has 2 amide bonds. The second-order valence-electron chi connectivity index (χ2n) is 6.22. The molecule has 2 rings (SSSR count). The Morgan fingerprint density at radius 3 is 2.54 bits per heavy atom. The van der Waals surface area contributed by atoms with Crippen LogP contribution in [-0.4, -0.2) is 84.2 Å². The number of thioether (sulfide) groups is 1. The van der Waals surface area contributed by atoms with Crippen molar-refractivity contribution >= 4 is 36.0 Å². The summed E-state index contributed by atoms with van der Waals surface area (Å²) in [5.74, 6) is 0.212. The number of carbonyl (C=O) groups excluding carboxylic acids is 2. The monoisotopic (exact) mass is 418 g/mol. The summed E-state index contributed by atoms with van der Waals surface area (Å²) in [6.07, 6.45) is -3.39. The molecule has 0 radical (unpaired) electrons. The van der Waals surface area contributed by atoms with Crippen LogP contribution in [0.5, 0.6) is 0 Å². The van der Waals surface area contributed by atoms with Crippen molar-refractivity contribution in [2.75, 3.05) is 44.4 Å². The normalized spacial score (nSPS) is 22.6. The predicted octanol–water partition coefficient (Wildman–Crippen LogP) is 1.06. The van der Waals surface area contributed by atoms with E-state index in [0.717, 1.165) is 0 Å². The molecule has 2 unspecified atom stereocenters. The third-order valence-corrected chi connectivity index (χ3v) is 5.42. The molecule has 152 valence electrons. The molecule has 2 saturated heterocycles. The molecule has 2 fully saturated rings. The lowest BCUT2D eigenvalue weighted by atomic mass is 10.2. The average molecular weight is 419 g/mol.